The number of fused-ring (bicyclic) bond motifs is 1. The van der Waals surface area contributed by atoms with Gasteiger partial charge in [-0.2, -0.15) is 9.61 Å². The molecule has 2 heterocycles. The highest BCUT2D eigenvalue weighted by Crippen LogP contribution is 2.29. The second-order valence-corrected chi connectivity index (χ2v) is 8.37. The van der Waals surface area contributed by atoms with Crippen molar-refractivity contribution in [3.8, 4) is 22.8 Å². The first-order valence-corrected chi connectivity index (χ1v) is 12.0. The molecule has 0 fully saturated rings. The molecule has 7 nitrogen and oxygen atoms in total. The number of hydrogen-bond donors (Lipinski definition) is 3. The zero-order valence-electron chi connectivity index (χ0n) is 17.9. The van der Waals surface area contributed by atoms with Gasteiger partial charge in [-0.1, -0.05) is 52.9 Å². The van der Waals surface area contributed by atoms with Crippen LogP contribution in [0.1, 0.15) is 12.0 Å². The number of benzene rings is 2. The van der Waals surface area contributed by atoms with Crippen molar-refractivity contribution in [2.24, 2.45) is 0 Å². The van der Waals surface area contributed by atoms with Crippen LogP contribution in [0.25, 0.3) is 16.9 Å². The largest absolute Gasteiger partial charge is 0.508 e. The van der Waals surface area contributed by atoms with Gasteiger partial charge in [0, 0.05) is 43.0 Å². The third kappa shape index (κ3) is 4.99. The van der Waals surface area contributed by atoms with E-state index in [1.54, 1.807) is 28.9 Å². The number of aromatic nitrogens is 3. The van der Waals surface area contributed by atoms with E-state index in [2.05, 4.69) is 37.9 Å². The first kappa shape index (κ1) is 22.4. The van der Waals surface area contributed by atoms with Gasteiger partial charge < -0.3 is 15.5 Å². The highest BCUT2D eigenvalue weighted by Gasteiger charge is 2.13. The van der Waals surface area contributed by atoms with Crippen LogP contribution in [0, 0.1) is 0 Å². The molecule has 0 aliphatic carbocycles. The normalized spacial score (nSPS) is 11.3. The fourth-order valence-electron chi connectivity index (χ4n) is 3.61. The molecule has 0 amide bonds. The Morgan fingerprint density at radius 1 is 1.06 bits per heavy atom. The number of phenolic OH excluding ortho intramolecular Hbond substituents is 2. The third-order valence-electron chi connectivity index (χ3n) is 5.34. The van der Waals surface area contributed by atoms with Crippen molar-refractivity contribution in [1.82, 2.24) is 19.5 Å². The first-order valence-electron chi connectivity index (χ1n) is 10.5. The number of alkyl halides is 1. The lowest BCUT2D eigenvalue weighted by molar-refractivity contribution is 0.313. The predicted molar refractivity (Wildman–Crippen MR) is 139 cm³/mol. The van der Waals surface area contributed by atoms with Crippen molar-refractivity contribution in [2.75, 3.05) is 23.0 Å². The molecule has 0 aliphatic rings. The van der Waals surface area contributed by atoms with Crippen LogP contribution in [0.4, 0.5) is 5.82 Å². The number of halogens is 1. The smallest absolute Gasteiger partial charge is 0.151 e. The molecule has 0 saturated heterocycles. The molecule has 0 unspecified atom stereocenters. The standard InChI is InChI=1S/C23H25BIN5O2/c24-18-13-27-30-22(12-19(28-23(18)30)17-7-2-4-9-21(17)32)26-10-5-11-29(15-25)14-16-6-1-3-8-20(16)31/h1-4,6-9,12-13,26,31-32H,5,10-11,14-15,24H2. The maximum absolute atomic E-state index is 10.3. The van der Waals surface area contributed by atoms with Crippen LogP contribution in [-0.4, -0.2) is 55.2 Å². The van der Waals surface area contributed by atoms with Crippen LogP contribution in [0.15, 0.2) is 60.8 Å². The van der Waals surface area contributed by atoms with E-state index in [4.69, 9.17) is 4.98 Å². The Kier molecular flexibility index (Phi) is 7.16. The summed E-state index contributed by atoms with van der Waals surface area (Å²) in [6.07, 6.45) is 2.72. The molecule has 32 heavy (non-hydrogen) atoms. The topological polar surface area (TPSA) is 85.9 Å². The molecule has 4 aromatic rings. The maximum Gasteiger partial charge on any atom is 0.151 e. The Bertz CT molecular complexity index is 1220. The number of para-hydroxylation sites is 2. The molecule has 0 atom stereocenters. The summed E-state index contributed by atoms with van der Waals surface area (Å²) in [7, 11) is 1.98. The molecule has 2 aromatic carbocycles. The number of nitrogens with zero attached hydrogens (tertiary/aromatic N) is 4. The summed E-state index contributed by atoms with van der Waals surface area (Å²) >= 11 is 2.36. The van der Waals surface area contributed by atoms with Crippen molar-refractivity contribution in [3.63, 3.8) is 0 Å². The summed E-state index contributed by atoms with van der Waals surface area (Å²) in [6, 6.07) is 16.6. The molecule has 0 radical (unpaired) electrons. The summed E-state index contributed by atoms with van der Waals surface area (Å²) < 4.78 is 2.68. The number of anilines is 1. The van der Waals surface area contributed by atoms with E-state index in [0.29, 0.717) is 23.6 Å². The van der Waals surface area contributed by atoms with E-state index < -0.39 is 0 Å². The van der Waals surface area contributed by atoms with Crippen LogP contribution < -0.4 is 10.8 Å². The van der Waals surface area contributed by atoms with Crippen LogP contribution in [0.3, 0.4) is 0 Å². The first-order chi connectivity index (χ1) is 15.6. The van der Waals surface area contributed by atoms with Crippen LogP contribution in [0.2, 0.25) is 0 Å². The summed E-state index contributed by atoms with van der Waals surface area (Å²) in [5, 5.41) is 28.3. The minimum absolute atomic E-state index is 0.203. The van der Waals surface area contributed by atoms with Gasteiger partial charge in [0.05, 0.1) is 10.2 Å². The fraction of sp³-hybridized carbons (Fsp3) is 0.217. The second-order valence-electron chi connectivity index (χ2n) is 7.69. The average molecular weight is 541 g/mol. The van der Waals surface area contributed by atoms with E-state index in [1.165, 1.54) is 0 Å². The molecule has 2 aromatic heterocycles. The van der Waals surface area contributed by atoms with Crippen molar-refractivity contribution >= 4 is 47.4 Å². The van der Waals surface area contributed by atoms with Crippen molar-refractivity contribution < 1.29 is 10.2 Å². The molecule has 0 spiro atoms. The van der Waals surface area contributed by atoms with E-state index in [-0.39, 0.29) is 5.75 Å². The molecular formula is C23H25BIN5O2. The van der Waals surface area contributed by atoms with Crippen LogP contribution >= 0.6 is 22.6 Å². The number of nitrogens with one attached hydrogen (secondary N) is 1. The predicted octanol–water partition coefficient (Wildman–Crippen LogP) is 2.76. The summed E-state index contributed by atoms with van der Waals surface area (Å²) in [5.74, 6) is 1.38. The molecule has 9 heteroatoms. The van der Waals surface area contributed by atoms with E-state index in [9.17, 15) is 10.2 Å². The lowest BCUT2D eigenvalue weighted by atomic mass is 10.0. The molecule has 4 rings (SSSR count). The number of aromatic hydroxyl groups is 2. The summed E-state index contributed by atoms with van der Waals surface area (Å²) in [6.45, 7) is 2.36. The SMILES string of the molecule is Bc1cnn2c(NCCCN(CI)Cc3ccccc3O)cc(-c3ccccc3O)nc12. The zero-order valence-corrected chi connectivity index (χ0v) is 20.0. The quantitative estimate of drug-likeness (QED) is 0.0995. The molecule has 0 saturated carbocycles. The van der Waals surface area contributed by atoms with Crippen molar-refractivity contribution in [1.29, 1.82) is 0 Å². The minimum Gasteiger partial charge on any atom is -0.508 e. The van der Waals surface area contributed by atoms with Gasteiger partial charge in [0.25, 0.3) is 0 Å². The van der Waals surface area contributed by atoms with E-state index in [1.807, 2.05) is 44.2 Å². The summed E-state index contributed by atoms with van der Waals surface area (Å²) in [5.41, 5.74) is 4.07. The minimum atomic E-state index is 0.203. The van der Waals surface area contributed by atoms with Crippen LogP contribution in [0.5, 0.6) is 11.5 Å². The highest BCUT2D eigenvalue weighted by molar-refractivity contribution is 14.1. The highest BCUT2D eigenvalue weighted by atomic mass is 127. The van der Waals surface area contributed by atoms with Gasteiger partial charge in [-0.15, -0.1) is 0 Å². The average Bonchev–Trinajstić information content (AvgIpc) is 3.18. The lowest BCUT2D eigenvalue weighted by Gasteiger charge is -2.20. The van der Waals surface area contributed by atoms with Gasteiger partial charge in [0.15, 0.2) is 5.65 Å². The monoisotopic (exact) mass is 541 g/mol. The lowest BCUT2D eigenvalue weighted by Crippen LogP contribution is -2.24. The molecule has 164 valence electrons. The second kappa shape index (κ2) is 10.2. The van der Waals surface area contributed by atoms with E-state index in [0.717, 1.165) is 46.6 Å². The molecule has 3 N–H and O–H groups in total. The third-order valence-corrected chi connectivity index (χ3v) is 6.30. The van der Waals surface area contributed by atoms with Gasteiger partial charge in [-0.3, -0.25) is 4.90 Å². The Hall–Kier alpha value is -2.79. The Labute approximate surface area is 201 Å². The van der Waals surface area contributed by atoms with Gasteiger partial charge in [0.2, 0.25) is 0 Å². The molecular weight excluding hydrogens is 516 g/mol. The van der Waals surface area contributed by atoms with E-state index >= 15 is 0 Å². The Morgan fingerprint density at radius 3 is 2.56 bits per heavy atom. The fourth-order valence-corrected chi connectivity index (χ4v) is 4.19. The van der Waals surface area contributed by atoms with Crippen molar-refractivity contribution in [2.45, 2.75) is 13.0 Å². The van der Waals surface area contributed by atoms with Gasteiger partial charge in [0.1, 0.15) is 25.2 Å². The van der Waals surface area contributed by atoms with Gasteiger partial charge >= 0.3 is 0 Å². The number of rotatable bonds is 9. The summed E-state index contributed by atoms with van der Waals surface area (Å²) in [4.78, 5) is 7.02. The van der Waals surface area contributed by atoms with Crippen molar-refractivity contribution in [3.05, 3.63) is 66.4 Å². The Morgan fingerprint density at radius 2 is 1.81 bits per heavy atom. The number of hydrogen-bond acceptors (Lipinski definition) is 6. The zero-order chi connectivity index (χ0) is 22.5. The Balaban J connectivity index is 1.46. The molecule has 0 aliphatic heterocycles. The number of phenols is 2. The van der Waals surface area contributed by atoms with Gasteiger partial charge in [-0.05, 0) is 30.1 Å². The maximum atomic E-state index is 10.3. The van der Waals surface area contributed by atoms with Gasteiger partial charge in [-0.25, -0.2) is 4.98 Å². The molecule has 0 bridgehead atoms. The van der Waals surface area contributed by atoms with Crippen LogP contribution in [-0.2, 0) is 6.54 Å².